The summed E-state index contributed by atoms with van der Waals surface area (Å²) in [5.41, 5.74) is -1.39. The summed E-state index contributed by atoms with van der Waals surface area (Å²) < 4.78 is 4.81. The van der Waals surface area contributed by atoms with E-state index in [4.69, 9.17) is 4.74 Å². The number of aliphatic hydroxyl groups is 2. The summed E-state index contributed by atoms with van der Waals surface area (Å²) in [6.07, 6.45) is 0.0840. The second kappa shape index (κ2) is 1.95. The maximum Gasteiger partial charge on any atom is 0.338 e. The van der Waals surface area contributed by atoms with E-state index in [1.54, 1.807) is 0 Å². The number of carbonyl (C=O) groups is 1. The SMILES string of the molecule is O=C1O[C@H]2C[C@H](O)C[C@]1(O)C2. The Morgan fingerprint density at radius 3 is 2.91 bits per heavy atom. The molecule has 0 aromatic heterocycles. The smallest absolute Gasteiger partial charge is 0.338 e. The van der Waals surface area contributed by atoms with Crippen LogP contribution < -0.4 is 0 Å². The van der Waals surface area contributed by atoms with Gasteiger partial charge in [-0.3, -0.25) is 0 Å². The molecule has 1 saturated heterocycles. The number of aliphatic hydroxyl groups excluding tert-OH is 1. The maximum absolute atomic E-state index is 10.9. The topological polar surface area (TPSA) is 66.8 Å². The first kappa shape index (κ1) is 7.06. The van der Waals surface area contributed by atoms with Gasteiger partial charge in [0.05, 0.1) is 6.10 Å². The number of hydrogen-bond donors (Lipinski definition) is 2. The van der Waals surface area contributed by atoms with Gasteiger partial charge in [0.15, 0.2) is 5.60 Å². The van der Waals surface area contributed by atoms with Crippen molar-refractivity contribution >= 4 is 5.97 Å². The van der Waals surface area contributed by atoms with Gasteiger partial charge in [-0.05, 0) is 0 Å². The predicted octanol–water partition coefficient (Wildman–Crippen LogP) is -0.812. The van der Waals surface area contributed by atoms with E-state index in [2.05, 4.69) is 0 Å². The van der Waals surface area contributed by atoms with E-state index in [-0.39, 0.29) is 12.5 Å². The Morgan fingerprint density at radius 1 is 1.55 bits per heavy atom. The highest BCUT2D eigenvalue weighted by atomic mass is 16.6. The third kappa shape index (κ3) is 0.937. The van der Waals surface area contributed by atoms with E-state index in [0.29, 0.717) is 12.8 Å². The van der Waals surface area contributed by atoms with Crippen LogP contribution in [0.1, 0.15) is 19.3 Å². The zero-order chi connectivity index (χ0) is 8.06. The molecule has 2 rings (SSSR count). The third-order valence-electron chi connectivity index (χ3n) is 2.33. The standard InChI is InChI=1S/C7H10O4/c8-4-1-5-3-7(10,2-4)6(9)11-5/h4-5,8,10H,1-3H2/t4-,5-,7-/m0/s1. The Labute approximate surface area is 63.8 Å². The van der Waals surface area contributed by atoms with E-state index < -0.39 is 17.7 Å². The van der Waals surface area contributed by atoms with Crippen LogP contribution in [-0.4, -0.2) is 34.0 Å². The molecule has 2 N–H and O–H groups in total. The van der Waals surface area contributed by atoms with Gasteiger partial charge in [0.25, 0.3) is 0 Å². The highest BCUT2D eigenvalue weighted by Gasteiger charge is 2.52. The quantitative estimate of drug-likeness (QED) is 0.452. The van der Waals surface area contributed by atoms with Crippen molar-refractivity contribution in [2.45, 2.75) is 37.1 Å². The van der Waals surface area contributed by atoms with Gasteiger partial charge in [0.1, 0.15) is 6.10 Å². The summed E-state index contributed by atoms with van der Waals surface area (Å²) in [5, 5.41) is 18.7. The first-order valence-corrected chi connectivity index (χ1v) is 3.72. The number of esters is 1. The molecule has 62 valence electrons. The minimum absolute atomic E-state index is 0.127. The second-order valence-corrected chi connectivity index (χ2v) is 3.36. The van der Waals surface area contributed by atoms with E-state index in [1.165, 1.54) is 0 Å². The lowest BCUT2D eigenvalue weighted by atomic mass is 9.84. The van der Waals surface area contributed by atoms with Gasteiger partial charge in [-0.2, -0.15) is 0 Å². The normalized spacial score (nSPS) is 49.1. The summed E-state index contributed by atoms with van der Waals surface area (Å²) in [5.74, 6) is -0.570. The van der Waals surface area contributed by atoms with E-state index >= 15 is 0 Å². The average molecular weight is 158 g/mol. The molecular weight excluding hydrogens is 148 g/mol. The van der Waals surface area contributed by atoms with Gasteiger partial charge in [-0.25, -0.2) is 4.79 Å². The lowest BCUT2D eigenvalue weighted by Gasteiger charge is -2.25. The summed E-state index contributed by atoms with van der Waals surface area (Å²) >= 11 is 0. The molecule has 4 heteroatoms. The molecule has 0 aromatic rings. The Kier molecular flexibility index (Phi) is 1.25. The van der Waals surface area contributed by atoms with Gasteiger partial charge < -0.3 is 14.9 Å². The minimum Gasteiger partial charge on any atom is -0.460 e. The molecule has 3 atom stereocenters. The number of rotatable bonds is 0. The third-order valence-corrected chi connectivity index (χ3v) is 2.33. The Morgan fingerprint density at radius 2 is 2.27 bits per heavy atom. The lowest BCUT2D eigenvalue weighted by molar-refractivity contribution is -0.154. The molecule has 1 saturated carbocycles. The fourth-order valence-corrected chi connectivity index (χ4v) is 1.84. The molecule has 2 fully saturated rings. The monoisotopic (exact) mass is 158 g/mol. The molecule has 1 heterocycles. The van der Waals surface area contributed by atoms with E-state index in [1.807, 2.05) is 0 Å². The Balaban J connectivity index is 2.25. The fraction of sp³-hybridized carbons (Fsp3) is 0.857. The molecule has 0 radical (unpaired) electrons. The second-order valence-electron chi connectivity index (χ2n) is 3.36. The van der Waals surface area contributed by atoms with E-state index in [0.717, 1.165) is 0 Å². The number of hydrogen-bond acceptors (Lipinski definition) is 4. The molecule has 4 nitrogen and oxygen atoms in total. The van der Waals surface area contributed by atoms with Gasteiger partial charge >= 0.3 is 5.97 Å². The highest BCUT2D eigenvalue weighted by Crippen LogP contribution is 2.37. The maximum atomic E-state index is 10.9. The zero-order valence-electron chi connectivity index (χ0n) is 5.99. The molecule has 1 aliphatic carbocycles. The molecular formula is C7H10O4. The largest absolute Gasteiger partial charge is 0.460 e. The summed E-state index contributed by atoms with van der Waals surface area (Å²) in [6, 6.07) is 0. The molecule has 2 aliphatic rings. The predicted molar refractivity (Wildman–Crippen MR) is 34.7 cm³/mol. The average Bonchev–Trinajstić information content (AvgIpc) is 2.02. The van der Waals surface area contributed by atoms with Gasteiger partial charge in [0, 0.05) is 19.3 Å². The Bertz CT molecular complexity index is 203. The minimum atomic E-state index is -1.39. The van der Waals surface area contributed by atoms with Crippen LogP contribution in [0.15, 0.2) is 0 Å². The van der Waals surface area contributed by atoms with Crippen LogP contribution >= 0.6 is 0 Å². The Hall–Kier alpha value is -0.610. The molecule has 0 spiro atoms. The van der Waals surface area contributed by atoms with Crippen molar-refractivity contribution in [3.8, 4) is 0 Å². The first-order valence-electron chi connectivity index (χ1n) is 3.72. The van der Waals surface area contributed by atoms with Crippen molar-refractivity contribution < 1.29 is 19.7 Å². The van der Waals surface area contributed by atoms with Crippen LogP contribution in [0.3, 0.4) is 0 Å². The molecule has 0 amide bonds. The van der Waals surface area contributed by atoms with Crippen molar-refractivity contribution in [2.24, 2.45) is 0 Å². The number of carbonyl (C=O) groups excluding carboxylic acids is 1. The van der Waals surface area contributed by atoms with Crippen molar-refractivity contribution in [3.05, 3.63) is 0 Å². The van der Waals surface area contributed by atoms with Crippen molar-refractivity contribution in [2.75, 3.05) is 0 Å². The van der Waals surface area contributed by atoms with Crippen LogP contribution in [0.2, 0.25) is 0 Å². The lowest BCUT2D eigenvalue weighted by Crippen LogP contribution is -2.40. The first-order chi connectivity index (χ1) is 5.10. The van der Waals surface area contributed by atoms with Gasteiger partial charge in [-0.15, -0.1) is 0 Å². The summed E-state index contributed by atoms with van der Waals surface area (Å²) in [6.45, 7) is 0. The van der Waals surface area contributed by atoms with Crippen LogP contribution in [0, 0.1) is 0 Å². The molecule has 11 heavy (non-hydrogen) atoms. The van der Waals surface area contributed by atoms with E-state index in [9.17, 15) is 15.0 Å². The number of fused-ring (bicyclic) bond motifs is 2. The van der Waals surface area contributed by atoms with Crippen molar-refractivity contribution in [1.82, 2.24) is 0 Å². The molecule has 0 aromatic carbocycles. The van der Waals surface area contributed by atoms with Gasteiger partial charge in [0.2, 0.25) is 0 Å². The van der Waals surface area contributed by atoms with Crippen molar-refractivity contribution in [3.63, 3.8) is 0 Å². The molecule has 2 bridgehead atoms. The highest BCUT2D eigenvalue weighted by molar-refractivity contribution is 5.82. The van der Waals surface area contributed by atoms with Crippen LogP contribution in [0.5, 0.6) is 0 Å². The van der Waals surface area contributed by atoms with Crippen LogP contribution in [-0.2, 0) is 9.53 Å². The molecule has 1 aliphatic heterocycles. The van der Waals surface area contributed by atoms with Crippen LogP contribution in [0.4, 0.5) is 0 Å². The van der Waals surface area contributed by atoms with Crippen LogP contribution in [0.25, 0.3) is 0 Å². The van der Waals surface area contributed by atoms with Gasteiger partial charge in [-0.1, -0.05) is 0 Å². The molecule has 0 unspecified atom stereocenters. The summed E-state index contributed by atoms with van der Waals surface area (Å²) in [4.78, 5) is 10.9. The number of ether oxygens (including phenoxy) is 1. The fourth-order valence-electron chi connectivity index (χ4n) is 1.84. The van der Waals surface area contributed by atoms with Crippen molar-refractivity contribution in [1.29, 1.82) is 0 Å². The zero-order valence-corrected chi connectivity index (χ0v) is 5.99. The summed E-state index contributed by atoms with van der Waals surface area (Å²) in [7, 11) is 0.